The summed E-state index contributed by atoms with van der Waals surface area (Å²) in [4.78, 5) is 0.329. The van der Waals surface area contributed by atoms with Gasteiger partial charge in [0.2, 0.25) is 0 Å². The zero-order valence-corrected chi connectivity index (χ0v) is 13.3. The zero-order valence-electron chi connectivity index (χ0n) is 10.9. The highest BCUT2D eigenvalue weighted by Crippen LogP contribution is 2.22. The molecule has 1 unspecified atom stereocenters. The minimum atomic E-state index is -3.34. The first-order valence-corrected chi connectivity index (χ1v) is 8.71. The number of sulfone groups is 1. The fourth-order valence-electron chi connectivity index (χ4n) is 2.03. The lowest BCUT2D eigenvalue weighted by atomic mass is 10.0. The first-order chi connectivity index (χ1) is 9.53. The minimum Gasteiger partial charge on any atom is -0.330 e. The maximum absolute atomic E-state index is 12.4. The number of nitrogens with two attached hydrogens (primary N) is 1. The summed E-state index contributed by atoms with van der Waals surface area (Å²) in [6.07, 6.45) is 0. The summed E-state index contributed by atoms with van der Waals surface area (Å²) in [6.45, 7) is 0.305. The Balaban J connectivity index is 2.24. The highest BCUT2D eigenvalue weighted by molar-refractivity contribution is 9.10. The van der Waals surface area contributed by atoms with Crippen LogP contribution in [0.25, 0.3) is 0 Å². The molecule has 0 saturated carbocycles. The molecule has 2 rings (SSSR count). The predicted molar refractivity (Wildman–Crippen MR) is 84.4 cm³/mol. The van der Waals surface area contributed by atoms with Gasteiger partial charge in [-0.3, -0.25) is 0 Å². The molecule has 0 aliphatic rings. The molecule has 0 amide bonds. The first kappa shape index (κ1) is 15.2. The van der Waals surface area contributed by atoms with Gasteiger partial charge in [-0.2, -0.15) is 0 Å². The van der Waals surface area contributed by atoms with Crippen molar-refractivity contribution in [2.75, 3.05) is 12.3 Å². The number of rotatable bonds is 5. The van der Waals surface area contributed by atoms with E-state index in [1.807, 2.05) is 30.3 Å². The molecule has 0 spiro atoms. The fourth-order valence-corrected chi connectivity index (χ4v) is 3.89. The normalized spacial score (nSPS) is 13.1. The molecule has 0 heterocycles. The second-order valence-corrected chi connectivity index (χ2v) is 7.53. The summed E-state index contributed by atoms with van der Waals surface area (Å²) in [6, 6.07) is 16.2. The summed E-state index contributed by atoms with van der Waals surface area (Å²) in [7, 11) is -3.34. The largest absolute Gasteiger partial charge is 0.330 e. The standard InChI is InChI=1S/C15H16BrNO2S/c16-14-6-8-15(9-7-14)20(18,19)11-13(10-17)12-4-2-1-3-5-12/h1-9,13H,10-11,17H2. The quantitative estimate of drug-likeness (QED) is 0.898. The smallest absolute Gasteiger partial charge is 0.179 e. The van der Waals surface area contributed by atoms with Crippen molar-refractivity contribution in [1.29, 1.82) is 0 Å². The molecule has 2 aromatic rings. The number of halogens is 1. The van der Waals surface area contributed by atoms with E-state index in [1.54, 1.807) is 24.3 Å². The van der Waals surface area contributed by atoms with Crippen LogP contribution < -0.4 is 5.73 Å². The molecular weight excluding hydrogens is 338 g/mol. The Morgan fingerprint density at radius 2 is 1.60 bits per heavy atom. The van der Waals surface area contributed by atoms with Crippen molar-refractivity contribution in [2.45, 2.75) is 10.8 Å². The van der Waals surface area contributed by atoms with Gasteiger partial charge in [-0.05, 0) is 29.8 Å². The van der Waals surface area contributed by atoms with Gasteiger partial charge in [0.25, 0.3) is 0 Å². The highest BCUT2D eigenvalue weighted by atomic mass is 79.9. The van der Waals surface area contributed by atoms with Crippen LogP contribution in [0, 0.1) is 0 Å². The van der Waals surface area contributed by atoms with Gasteiger partial charge >= 0.3 is 0 Å². The summed E-state index contributed by atoms with van der Waals surface area (Å²) < 4.78 is 25.7. The van der Waals surface area contributed by atoms with Crippen molar-refractivity contribution in [3.05, 3.63) is 64.6 Å². The van der Waals surface area contributed by atoms with Crippen LogP contribution >= 0.6 is 15.9 Å². The molecule has 5 heteroatoms. The van der Waals surface area contributed by atoms with E-state index in [0.29, 0.717) is 11.4 Å². The van der Waals surface area contributed by atoms with Crippen molar-refractivity contribution in [3.63, 3.8) is 0 Å². The van der Waals surface area contributed by atoms with Crippen molar-refractivity contribution >= 4 is 25.8 Å². The Bertz CT molecular complexity index is 654. The topological polar surface area (TPSA) is 60.2 Å². The molecule has 106 valence electrons. The zero-order chi connectivity index (χ0) is 14.6. The van der Waals surface area contributed by atoms with Crippen LogP contribution in [0.15, 0.2) is 64.0 Å². The summed E-state index contributed by atoms with van der Waals surface area (Å²) >= 11 is 3.30. The highest BCUT2D eigenvalue weighted by Gasteiger charge is 2.21. The van der Waals surface area contributed by atoms with Gasteiger partial charge in [0.05, 0.1) is 10.6 Å². The molecule has 3 nitrogen and oxygen atoms in total. The van der Waals surface area contributed by atoms with Crippen molar-refractivity contribution < 1.29 is 8.42 Å². The molecule has 1 atom stereocenters. The molecule has 0 bridgehead atoms. The molecule has 2 N–H and O–H groups in total. The van der Waals surface area contributed by atoms with Crippen LogP contribution in [-0.2, 0) is 9.84 Å². The second-order valence-electron chi connectivity index (χ2n) is 4.58. The van der Waals surface area contributed by atoms with Crippen LogP contribution in [0.4, 0.5) is 0 Å². The first-order valence-electron chi connectivity index (χ1n) is 6.26. The molecule has 0 radical (unpaired) electrons. The Kier molecular flexibility index (Phi) is 4.96. The number of hydrogen-bond donors (Lipinski definition) is 1. The molecule has 2 aromatic carbocycles. The second kappa shape index (κ2) is 6.52. The SMILES string of the molecule is NCC(CS(=O)(=O)c1ccc(Br)cc1)c1ccccc1. The van der Waals surface area contributed by atoms with E-state index in [2.05, 4.69) is 15.9 Å². The van der Waals surface area contributed by atoms with Crippen LogP contribution in [0.1, 0.15) is 11.5 Å². The van der Waals surface area contributed by atoms with Gasteiger partial charge in [-0.15, -0.1) is 0 Å². The third-order valence-corrected chi connectivity index (χ3v) is 5.51. The third kappa shape index (κ3) is 3.69. The Labute approximate surface area is 127 Å². The van der Waals surface area contributed by atoms with E-state index >= 15 is 0 Å². The van der Waals surface area contributed by atoms with Crippen molar-refractivity contribution in [1.82, 2.24) is 0 Å². The van der Waals surface area contributed by atoms with Crippen molar-refractivity contribution in [2.24, 2.45) is 5.73 Å². The predicted octanol–water partition coefficient (Wildman–Crippen LogP) is 2.97. The molecule has 0 aromatic heterocycles. The maximum Gasteiger partial charge on any atom is 0.179 e. The molecule has 0 aliphatic carbocycles. The van der Waals surface area contributed by atoms with Crippen LogP contribution in [0.3, 0.4) is 0 Å². The number of benzene rings is 2. The van der Waals surface area contributed by atoms with Gasteiger partial charge < -0.3 is 5.73 Å². The molecule has 0 fully saturated rings. The average molecular weight is 354 g/mol. The van der Waals surface area contributed by atoms with Crippen LogP contribution in [-0.4, -0.2) is 20.7 Å². The Morgan fingerprint density at radius 3 is 2.15 bits per heavy atom. The monoisotopic (exact) mass is 353 g/mol. The Morgan fingerprint density at radius 1 is 1.00 bits per heavy atom. The summed E-state index contributed by atoms with van der Waals surface area (Å²) in [5, 5.41) is 0. The van der Waals surface area contributed by atoms with Gasteiger partial charge in [-0.25, -0.2) is 8.42 Å². The van der Waals surface area contributed by atoms with E-state index in [9.17, 15) is 8.42 Å². The van der Waals surface area contributed by atoms with E-state index in [0.717, 1.165) is 10.0 Å². The summed E-state index contributed by atoms with van der Waals surface area (Å²) in [5.74, 6) is -0.167. The van der Waals surface area contributed by atoms with Gasteiger partial charge in [0, 0.05) is 16.9 Å². The van der Waals surface area contributed by atoms with E-state index in [-0.39, 0.29) is 11.7 Å². The van der Waals surface area contributed by atoms with Gasteiger partial charge in [-0.1, -0.05) is 46.3 Å². The molecule has 20 heavy (non-hydrogen) atoms. The van der Waals surface area contributed by atoms with E-state index in [1.165, 1.54) is 0 Å². The lowest BCUT2D eigenvalue weighted by molar-refractivity contribution is 0.587. The molecular formula is C15H16BrNO2S. The van der Waals surface area contributed by atoms with Gasteiger partial charge in [0.1, 0.15) is 0 Å². The lowest BCUT2D eigenvalue weighted by Gasteiger charge is -2.15. The average Bonchev–Trinajstić information content (AvgIpc) is 2.46. The summed E-state index contributed by atoms with van der Waals surface area (Å²) in [5.41, 5.74) is 6.70. The fraction of sp³-hybridized carbons (Fsp3) is 0.200. The van der Waals surface area contributed by atoms with E-state index in [4.69, 9.17) is 5.73 Å². The molecule has 0 aliphatic heterocycles. The lowest BCUT2D eigenvalue weighted by Crippen LogP contribution is -2.22. The minimum absolute atomic E-state index is 0.0230. The molecule has 0 saturated heterocycles. The van der Waals surface area contributed by atoms with E-state index < -0.39 is 9.84 Å². The third-order valence-electron chi connectivity index (χ3n) is 3.15. The van der Waals surface area contributed by atoms with Crippen molar-refractivity contribution in [3.8, 4) is 0 Å². The number of hydrogen-bond acceptors (Lipinski definition) is 3. The maximum atomic E-state index is 12.4. The van der Waals surface area contributed by atoms with Crippen LogP contribution in [0.2, 0.25) is 0 Å². The Hall–Kier alpha value is -1.17. The van der Waals surface area contributed by atoms with Gasteiger partial charge in [0.15, 0.2) is 9.84 Å². The van der Waals surface area contributed by atoms with Crippen LogP contribution in [0.5, 0.6) is 0 Å².